The van der Waals surface area contributed by atoms with E-state index in [2.05, 4.69) is 39.0 Å². The molecule has 1 aliphatic heterocycles. The van der Waals surface area contributed by atoms with E-state index in [1.54, 1.807) is 18.2 Å². The van der Waals surface area contributed by atoms with Gasteiger partial charge in [-0.15, -0.1) is 0 Å². The smallest absolute Gasteiger partial charge is 0.254 e. The van der Waals surface area contributed by atoms with E-state index in [4.69, 9.17) is 0 Å². The van der Waals surface area contributed by atoms with Crippen LogP contribution in [0.2, 0.25) is 0 Å². The molecule has 4 aromatic rings. The van der Waals surface area contributed by atoms with E-state index < -0.39 is 0 Å². The monoisotopic (exact) mass is 403 g/mol. The van der Waals surface area contributed by atoms with Gasteiger partial charge < -0.3 is 10.1 Å². The van der Waals surface area contributed by atoms with Crippen LogP contribution in [0.5, 0.6) is 0 Å². The van der Waals surface area contributed by atoms with Gasteiger partial charge in [0.25, 0.3) is 5.91 Å². The van der Waals surface area contributed by atoms with E-state index in [1.165, 1.54) is 5.56 Å². The van der Waals surface area contributed by atoms with Gasteiger partial charge in [-0.1, -0.05) is 24.3 Å². The Morgan fingerprint density at radius 3 is 3.00 bits per heavy atom. The second-order valence-corrected chi connectivity index (χ2v) is 7.74. The maximum absolute atomic E-state index is 13.1. The Labute approximate surface area is 172 Å². The average molecular weight is 403 g/mol. The number of piperidine rings is 1. The van der Waals surface area contributed by atoms with Gasteiger partial charge in [-0.25, -0.2) is 0 Å². The Hall–Kier alpha value is -3.68. The number of hydrogen-bond acceptors (Lipinski definition) is 5. The van der Waals surface area contributed by atoms with Gasteiger partial charge in [-0.2, -0.15) is 5.10 Å². The van der Waals surface area contributed by atoms with Crippen LogP contribution in [-0.4, -0.2) is 39.3 Å². The van der Waals surface area contributed by atoms with Crippen molar-refractivity contribution < 1.29 is 14.3 Å². The third-order valence-electron chi connectivity index (χ3n) is 5.85. The van der Waals surface area contributed by atoms with Gasteiger partial charge in [0.15, 0.2) is 0 Å². The van der Waals surface area contributed by atoms with Crippen molar-refractivity contribution in [3.05, 3.63) is 70.7 Å². The number of carbonyl (C=O) groups excluding carboxylic acids is 1. The molecule has 1 saturated heterocycles. The number of aromatic amines is 1. The molecule has 152 valence electrons. The first-order valence-electron chi connectivity index (χ1n) is 10.00. The minimum atomic E-state index is -0.0704. The molecule has 1 aliphatic rings. The number of nitrogens with one attached hydrogen (secondary N) is 1. The Kier molecular flexibility index (Phi) is 4.46. The summed E-state index contributed by atoms with van der Waals surface area (Å²) >= 11 is 0. The van der Waals surface area contributed by atoms with Gasteiger partial charge in [0.05, 0.1) is 6.20 Å². The molecule has 30 heavy (non-hydrogen) atoms. The molecule has 0 saturated carbocycles. The van der Waals surface area contributed by atoms with Crippen LogP contribution in [0.15, 0.2) is 53.3 Å². The number of H-pyrrole nitrogens is 1. The lowest BCUT2D eigenvalue weighted by Crippen LogP contribution is -2.39. The minimum Gasteiger partial charge on any atom is -0.359 e. The fourth-order valence-corrected chi connectivity index (χ4v) is 4.29. The fourth-order valence-electron chi connectivity index (χ4n) is 4.29. The summed E-state index contributed by atoms with van der Waals surface area (Å²) in [5.74, 6) is 0.110. The summed E-state index contributed by atoms with van der Waals surface area (Å²) in [6.45, 7) is 3.40. The molecule has 2 aromatic carbocycles. The number of rotatable bonds is 3. The van der Waals surface area contributed by atoms with Gasteiger partial charge in [-0.3, -0.25) is 14.5 Å². The molecular weight excluding hydrogens is 382 g/mol. The molecule has 0 spiro atoms. The van der Waals surface area contributed by atoms with Crippen LogP contribution < -0.4 is 4.90 Å². The van der Waals surface area contributed by atoms with Crippen molar-refractivity contribution in [2.75, 3.05) is 13.1 Å². The Morgan fingerprint density at radius 1 is 1.27 bits per heavy atom. The van der Waals surface area contributed by atoms with E-state index in [-0.39, 0.29) is 11.8 Å². The van der Waals surface area contributed by atoms with Crippen molar-refractivity contribution in [3.63, 3.8) is 0 Å². The molecule has 0 unspecified atom stereocenters. The van der Waals surface area contributed by atoms with Crippen LogP contribution in [-0.2, 0) is 0 Å². The first kappa shape index (κ1) is 18.4. The summed E-state index contributed by atoms with van der Waals surface area (Å²) in [5, 5.41) is 22.7. The second kappa shape index (κ2) is 7.29. The molecule has 0 bridgehead atoms. The van der Waals surface area contributed by atoms with Gasteiger partial charge in [0.1, 0.15) is 0 Å². The second-order valence-electron chi connectivity index (χ2n) is 7.74. The molecule has 5 rings (SSSR count). The molecule has 0 radical (unpaired) electrons. The largest absolute Gasteiger partial charge is 0.359 e. The van der Waals surface area contributed by atoms with E-state index in [0.29, 0.717) is 34.6 Å². The number of carbonyl (C=O) groups is 1. The van der Waals surface area contributed by atoms with Gasteiger partial charge in [-0.05, 0) is 47.9 Å². The third kappa shape index (κ3) is 3.10. The van der Waals surface area contributed by atoms with Crippen LogP contribution in [0, 0.1) is 12.1 Å². The van der Waals surface area contributed by atoms with E-state index in [0.717, 1.165) is 29.7 Å². The number of hydrogen-bond donors (Lipinski definition) is 1. The van der Waals surface area contributed by atoms with E-state index >= 15 is 0 Å². The van der Waals surface area contributed by atoms with Crippen LogP contribution >= 0.6 is 0 Å². The molecule has 3 heterocycles. The first-order chi connectivity index (χ1) is 14.6. The Bertz CT molecular complexity index is 1230. The topological polar surface area (TPSA) is 102 Å². The number of fused-ring (bicyclic) bond motifs is 1. The first-order valence-corrected chi connectivity index (χ1v) is 10.00. The molecule has 1 fully saturated rings. The molecule has 1 amide bonds. The zero-order valence-electron chi connectivity index (χ0n) is 16.5. The maximum atomic E-state index is 13.1. The number of aryl methyl sites for hydroxylation is 1. The molecule has 2 aromatic heterocycles. The zero-order valence-corrected chi connectivity index (χ0v) is 16.5. The van der Waals surface area contributed by atoms with Crippen molar-refractivity contribution >= 4 is 16.9 Å². The highest BCUT2D eigenvalue weighted by molar-refractivity contribution is 5.97. The lowest BCUT2D eigenvalue weighted by molar-refractivity contribution is -0.782. The number of likely N-dealkylation sites (tertiary alicyclic amines) is 1. The number of aromatic nitrogens is 4. The van der Waals surface area contributed by atoms with Crippen LogP contribution in [0.4, 0.5) is 0 Å². The zero-order chi connectivity index (χ0) is 20.7. The lowest BCUT2D eigenvalue weighted by Gasteiger charge is -2.33. The highest BCUT2D eigenvalue weighted by Crippen LogP contribution is 2.34. The Morgan fingerprint density at radius 2 is 2.13 bits per heavy atom. The summed E-state index contributed by atoms with van der Waals surface area (Å²) in [6, 6.07) is 13.1. The maximum Gasteiger partial charge on any atom is 0.254 e. The lowest BCUT2D eigenvalue weighted by atomic mass is 9.89. The van der Waals surface area contributed by atoms with Crippen LogP contribution in [0.1, 0.15) is 40.4 Å². The molecule has 0 aliphatic carbocycles. The highest BCUT2D eigenvalue weighted by atomic mass is 16.8. The standard InChI is InChI=1S/C22H21N5O3/c1-14-5-2-3-7-17(14)18-12-23-24-21(18)16-6-4-10-26(13-16)22(28)15-8-9-20-19(11-15)25-30-27(20)29/h2-3,5,7-9,11-12,16H,4,6,10,13H2,1H3,(H,23,24)/t16-/m0/s1. The summed E-state index contributed by atoms with van der Waals surface area (Å²) in [7, 11) is 0. The summed E-state index contributed by atoms with van der Waals surface area (Å²) in [5.41, 5.74) is 5.70. The van der Waals surface area contributed by atoms with Crippen molar-refractivity contribution in [2.24, 2.45) is 0 Å². The quantitative estimate of drug-likeness (QED) is 0.529. The summed E-state index contributed by atoms with van der Waals surface area (Å²) < 4.78 is 4.60. The predicted octanol–water partition coefficient (Wildman–Crippen LogP) is 3.18. The van der Waals surface area contributed by atoms with Crippen molar-refractivity contribution in [1.29, 1.82) is 0 Å². The fraction of sp³-hybridized carbons (Fsp3) is 0.273. The number of nitrogens with zero attached hydrogens (tertiary/aromatic N) is 4. The summed E-state index contributed by atoms with van der Waals surface area (Å²) in [4.78, 5) is 15.3. The number of benzene rings is 2. The van der Waals surface area contributed by atoms with Gasteiger partial charge in [0, 0.05) is 47.1 Å². The van der Waals surface area contributed by atoms with Gasteiger partial charge >= 0.3 is 0 Å². The molecule has 1 N–H and O–H groups in total. The molecule has 8 heteroatoms. The molecular formula is C22H21N5O3. The van der Waals surface area contributed by atoms with Crippen molar-refractivity contribution in [3.8, 4) is 11.1 Å². The van der Waals surface area contributed by atoms with Crippen LogP contribution in [0.25, 0.3) is 22.2 Å². The molecule has 8 nitrogen and oxygen atoms in total. The molecule has 1 atom stereocenters. The van der Waals surface area contributed by atoms with Crippen LogP contribution in [0.3, 0.4) is 0 Å². The average Bonchev–Trinajstić information content (AvgIpc) is 3.40. The number of amides is 1. The predicted molar refractivity (Wildman–Crippen MR) is 110 cm³/mol. The third-order valence-corrected chi connectivity index (χ3v) is 5.85. The highest BCUT2D eigenvalue weighted by Gasteiger charge is 2.29. The van der Waals surface area contributed by atoms with Gasteiger partial charge in [0.2, 0.25) is 11.0 Å². The summed E-state index contributed by atoms with van der Waals surface area (Å²) in [6.07, 6.45) is 3.77. The van der Waals surface area contributed by atoms with Crippen molar-refractivity contribution in [2.45, 2.75) is 25.7 Å². The normalized spacial score (nSPS) is 16.8. The van der Waals surface area contributed by atoms with E-state index in [1.807, 2.05) is 23.2 Å². The minimum absolute atomic E-state index is 0.0704. The SMILES string of the molecule is Cc1ccccc1-c1cn[nH]c1[C@H]1CCCN(C(=O)c2ccc3c(c2)no[n+]3[O-])C1. The van der Waals surface area contributed by atoms with Crippen molar-refractivity contribution in [1.82, 2.24) is 20.3 Å². The van der Waals surface area contributed by atoms with E-state index in [9.17, 15) is 10.0 Å². The Balaban J connectivity index is 1.41.